The maximum absolute atomic E-state index is 11.9. The molecule has 2 rings (SSSR count). The molecule has 1 aromatic rings. The number of hydrogen-bond acceptors (Lipinski definition) is 4. The summed E-state index contributed by atoms with van der Waals surface area (Å²) in [5, 5.41) is 5.96. The van der Waals surface area contributed by atoms with E-state index >= 15 is 0 Å². The first-order valence-electron chi connectivity index (χ1n) is 6.71. The molecule has 1 aromatic carbocycles. The van der Waals surface area contributed by atoms with Crippen LogP contribution in [0.3, 0.4) is 0 Å². The molecule has 20 heavy (non-hydrogen) atoms. The minimum atomic E-state index is -0.411. The number of rotatable bonds is 5. The summed E-state index contributed by atoms with van der Waals surface area (Å²) in [6.07, 6.45) is 0. The van der Waals surface area contributed by atoms with Gasteiger partial charge in [0.15, 0.2) is 0 Å². The Labute approximate surface area is 118 Å². The van der Waals surface area contributed by atoms with Crippen LogP contribution < -0.4 is 16.4 Å². The molecule has 1 fully saturated rings. The third-order valence-electron chi connectivity index (χ3n) is 3.36. The Morgan fingerprint density at radius 2 is 2.10 bits per heavy atom. The third-order valence-corrected chi connectivity index (χ3v) is 3.36. The molecule has 1 heterocycles. The Kier molecular flexibility index (Phi) is 5.09. The normalized spacial score (nSPS) is 19.5. The molecule has 108 valence electrons. The fraction of sp³-hybridized carbons (Fsp3) is 0.429. The lowest BCUT2D eigenvalue weighted by atomic mass is 10.2. The third kappa shape index (κ3) is 4.04. The highest BCUT2D eigenvalue weighted by atomic mass is 16.2. The summed E-state index contributed by atoms with van der Waals surface area (Å²) >= 11 is 0. The second-order valence-electron chi connectivity index (χ2n) is 4.86. The van der Waals surface area contributed by atoms with Gasteiger partial charge in [-0.1, -0.05) is 30.3 Å². The molecule has 6 heteroatoms. The largest absolute Gasteiger partial charge is 0.368 e. The Bertz CT molecular complexity index is 464. The Morgan fingerprint density at radius 1 is 1.35 bits per heavy atom. The van der Waals surface area contributed by atoms with E-state index in [0.29, 0.717) is 19.6 Å². The van der Waals surface area contributed by atoms with E-state index in [1.54, 1.807) is 0 Å². The summed E-state index contributed by atoms with van der Waals surface area (Å²) in [7, 11) is 0. The number of hydrogen-bond donors (Lipinski definition) is 3. The first kappa shape index (κ1) is 14.5. The number of amides is 2. The van der Waals surface area contributed by atoms with Crippen LogP contribution >= 0.6 is 0 Å². The van der Waals surface area contributed by atoms with E-state index in [1.807, 2.05) is 35.2 Å². The lowest BCUT2D eigenvalue weighted by Crippen LogP contribution is -2.58. The van der Waals surface area contributed by atoms with Crippen LogP contribution in [0.4, 0.5) is 0 Å². The van der Waals surface area contributed by atoms with Gasteiger partial charge in [0.05, 0.1) is 6.54 Å². The maximum Gasteiger partial charge on any atom is 0.236 e. The Hall–Kier alpha value is -1.92. The number of carbonyl (C=O) groups is 2. The maximum atomic E-state index is 11.9. The van der Waals surface area contributed by atoms with Crippen molar-refractivity contribution in [2.24, 2.45) is 5.73 Å². The van der Waals surface area contributed by atoms with E-state index in [-0.39, 0.29) is 12.5 Å². The van der Waals surface area contributed by atoms with Gasteiger partial charge in [0, 0.05) is 26.2 Å². The van der Waals surface area contributed by atoms with Gasteiger partial charge in [-0.05, 0) is 5.56 Å². The predicted molar refractivity (Wildman–Crippen MR) is 75.7 cm³/mol. The molecule has 0 aromatic heterocycles. The van der Waals surface area contributed by atoms with Crippen molar-refractivity contribution in [3.63, 3.8) is 0 Å². The highest BCUT2D eigenvalue weighted by molar-refractivity contribution is 5.82. The predicted octanol–water partition coefficient (Wildman–Crippen LogP) is -0.938. The van der Waals surface area contributed by atoms with Crippen molar-refractivity contribution >= 4 is 11.8 Å². The van der Waals surface area contributed by atoms with Gasteiger partial charge >= 0.3 is 0 Å². The van der Waals surface area contributed by atoms with E-state index in [2.05, 4.69) is 10.6 Å². The smallest absolute Gasteiger partial charge is 0.236 e. The molecule has 1 aliphatic heterocycles. The summed E-state index contributed by atoms with van der Waals surface area (Å²) in [5.74, 6) is -0.491. The van der Waals surface area contributed by atoms with E-state index in [4.69, 9.17) is 5.73 Å². The van der Waals surface area contributed by atoms with E-state index < -0.39 is 11.9 Å². The minimum absolute atomic E-state index is 0.0954. The second-order valence-corrected chi connectivity index (χ2v) is 4.86. The standard InChI is InChI=1S/C14H20N4O2/c15-14(20)12-9-16-6-7-18(12)10-13(19)17-8-11-4-2-1-3-5-11/h1-5,12,16H,6-10H2,(H2,15,20)(H,17,19). The quantitative estimate of drug-likeness (QED) is 0.648. The van der Waals surface area contributed by atoms with Crippen LogP contribution in [0.15, 0.2) is 30.3 Å². The van der Waals surface area contributed by atoms with Crippen molar-refractivity contribution in [1.82, 2.24) is 15.5 Å². The number of nitrogens with zero attached hydrogens (tertiary/aromatic N) is 1. The topological polar surface area (TPSA) is 87.5 Å². The van der Waals surface area contributed by atoms with Gasteiger partial charge in [-0.3, -0.25) is 14.5 Å². The SMILES string of the molecule is NC(=O)C1CNCCN1CC(=O)NCc1ccccc1. The van der Waals surface area contributed by atoms with Crippen LogP contribution in [-0.2, 0) is 16.1 Å². The van der Waals surface area contributed by atoms with Crippen molar-refractivity contribution in [1.29, 1.82) is 0 Å². The molecule has 4 N–H and O–H groups in total. The molecule has 1 unspecified atom stereocenters. The van der Waals surface area contributed by atoms with Crippen LogP contribution in [0, 0.1) is 0 Å². The van der Waals surface area contributed by atoms with Gasteiger partial charge in [0.2, 0.25) is 11.8 Å². The van der Waals surface area contributed by atoms with Gasteiger partial charge in [-0.25, -0.2) is 0 Å². The van der Waals surface area contributed by atoms with Crippen LogP contribution in [0.25, 0.3) is 0 Å². The molecular formula is C14H20N4O2. The lowest BCUT2D eigenvalue weighted by molar-refractivity contribution is -0.127. The number of nitrogens with one attached hydrogen (secondary N) is 2. The summed E-state index contributed by atoms with van der Waals surface area (Å²) in [4.78, 5) is 25.1. The Morgan fingerprint density at radius 3 is 2.80 bits per heavy atom. The van der Waals surface area contributed by atoms with Gasteiger partial charge in [-0.15, -0.1) is 0 Å². The van der Waals surface area contributed by atoms with Crippen LogP contribution in [0.5, 0.6) is 0 Å². The summed E-state index contributed by atoms with van der Waals surface area (Å²) < 4.78 is 0. The van der Waals surface area contributed by atoms with Crippen LogP contribution in [0.2, 0.25) is 0 Å². The fourth-order valence-corrected chi connectivity index (χ4v) is 2.25. The van der Waals surface area contributed by atoms with Crippen molar-refractivity contribution in [3.8, 4) is 0 Å². The summed E-state index contributed by atoms with van der Waals surface area (Å²) in [5.41, 5.74) is 6.39. The summed E-state index contributed by atoms with van der Waals surface area (Å²) in [6, 6.07) is 9.30. The summed E-state index contributed by atoms with van der Waals surface area (Å²) in [6.45, 7) is 2.60. The molecule has 6 nitrogen and oxygen atoms in total. The number of benzene rings is 1. The van der Waals surface area contributed by atoms with Gasteiger partial charge in [0.1, 0.15) is 6.04 Å². The molecule has 1 aliphatic rings. The average Bonchev–Trinajstić information content (AvgIpc) is 2.46. The number of piperazine rings is 1. The van der Waals surface area contributed by atoms with Gasteiger partial charge in [0.25, 0.3) is 0 Å². The van der Waals surface area contributed by atoms with Crippen molar-refractivity contribution in [2.45, 2.75) is 12.6 Å². The first-order valence-corrected chi connectivity index (χ1v) is 6.71. The van der Waals surface area contributed by atoms with Crippen molar-refractivity contribution < 1.29 is 9.59 Å². The highest BCUT2D eigenvalue weighted by Gasteiger charge is 2.27. The van der Waals surface area contributed by atoms with E-state index in [1.165, 1.54) is 0 Å². The molecule has 0 saturated carbocycles. The molecule has 1 saturated heterocycles. The molecule has 0 spiro atoms. The molecule has 2 amide bonds. The molecular weight excluding hydrogens is 256 g/mol. The Balaban J connectivity index is 1.82. The zero-order valence-electron chi connectivity index (χ0n) is 11.3. The lowest BCUT2D eigenvalue weighted by Gasteiger charge is -2.33. The number of primary amides is 1. The monoisotopic (exact) mass is 276 g/mol. The van der Waals surface area contributed by atoms with E-state index in [9.17, 15) is 9.59 Å². The zero-order chi connectivity index (χ0) is 14.4. The molecule has 0 radical (unpaired) electrons. The number of nitrogens with two attached hydrogens (primary N) is 1. The van der Waals surface area contributed by atoms with Crippen molar-refractivity contribution in [3.05, 3.63) is 35.9 Å². The molecule has 0 aliphatic carbocycles. The van der Waals surface area contributed by atoms with Crippen LogP contribution in [-0.4, -0.2) is 48.9 Å². The highest BCUT2D eigenvalue weighted by Crippen LogP contribution is 2.03. The van der Waals surface area contributed by atoms with Gasteiger partial charge in [-0.2, -0.15) is 0 Å². The van der Waals surface area contributed by atoms with Crippen LogP contribution in [0.1, 0.15) is 5.56 Å². The minimum Gasteiger partial charge on any atom is -0.368 e. The van der Waals surface area contributed by atoms with E-state index in [0.717, 1.165) is 12.1 Å². The number of carbonyl (C=O) groups excluding carboxylic acids is 2. The second kappa shape index (κ2) is 7.02. The molecule has 1 atom stereocenters. The van der Waals surface area contributed by atoms with Gasteiger partial charge < -0.3 is 16.4 Å². The molecule has 0 bridgehead atoms. The average molecular weight is 276 g/mol. The van der Waals surface area contributed by atoms with Crippen molar-refractivity contribution in [2.75, 3.05) is 26.2 Å². The first-order chi connectivity index (χ1) is 9.66. The fourth-order valence-electron chi connectivity index (χ4n) is 2.25. The zero-order valence-corrected chi connectivity index (χ0v) is 11.3.